The molecule has 0 rings (SSSR count). The number of rotatable bonds is 34. The molecule has 0 aliphatic heterocycles. The lowest BCUT2D eigenvalue weighted by atomic mass is 9.83. The predicted molar refractivity (Wildman–Crippen MR) is 219 cm³/mol. The maximum atomic E-state index is 6.64. The molecular formula is C44H88Cl2O3. The lowest BCUT2D eigenvalue weighted by Gasteiger charge is -2.27. The van der Waals surface area contributed by atoms with E-state index in [1.165, 1.54) is 51.4 Å². The van der Waals surface area contributed by atoms with Gasteiger partial charge in [-0.25, -0.2) is 0 Å². The first-order valence-electron chi connectivity index (χ1n) is 21.3. The van der Waals surface area contributed by atoms with Crippen molar-refractivity contribution in [3.63, 3.8) is 0 Å². The summed E-state index contributed by atoms with van der Waals surface area (Å²) in [6.45, 7) is 29.6. The van der Waals surface area contributed by atoms with Gasteiger partial charge in [0, 0.05) is 24.0 Å². The van der Waals surface area contributed by atoms with Gasteiger partial charge in [-0.1, -0.05) is 94.9 Å². The summed E-state index contributed by atoms with van der Waals surface area (Å²) in [7, 11) is 0. The fourth-order valence-corrected chi connectivity index (χ4v) is 9.19. The molecule has 0 N–H and O–H groups in total. The molecule has 0 radical (unpaired) electrons. The van der Waals surface area contributed by atoms with Crippen molar-refractivity contribution in [1.29, 1.82) is 0 Å². The van der Waals surface area contributed by atoms with Crippen molar-refractivity contribution < 1.29 is 14.2 Å². The van der Waals surface area contributed by atoms with Crippen LogP contribution in [0.3, 0.4) is 0 Å². The van der Waals surface area contributed by atoms with Crippen LogP contribution in [0.1, 0.15) is 199 Å². The topological polar surface area (TPSA) is 27.7 Å². The molecule has 3 nitrogen and oxygen atoms in total. The number of unbranched alkanes of at least 4 members (excludes halogenated alkanes) is 2. The molecule has 0 aliphatic carbocycles. The number of ether oxygens (including phenoxy) is 3. The zero-order chi connectivity index (χ0) is 37.2. The Morgan fingerprint density at radius 1 is 0.367 bits per heavy atom. The van der Waals surface area contributed by atoms with Crippen LogP contribution in [-0.2, 0) is 14.2 Å². The van der Waals surface area contributed by atoms with Gasteiger partial charge in [0.25, 0.3) is 0 Å². The monoisotopic (exact) mass is 735 g/mol. The van der Waals surface area contributed by atoms with Crippen LogP contribution in [0.2, 0.25) is 0 Å². The molecule has 0 aliphatic rings. The Bertz CT molecular complexity index is 660. The van der Waals surface area contributed by atoms with E-state index in [2.05, 4.69) is 83.1 Å². The normalized spacial score (nSPS) is 19.7. The van der Waals surface area contributed by atoms with Gasteiger partial charge in [-0.15, -0.1) is 23.2 Å². The minimum atomic E-state index is -0.170. The highest BCUT2D eigenvalue weighted by Gasteiger charge is 2.21. The number of hydrogen-bond acceptors (Lipinski definition) is 3. The summed E-state index contributed by atoms with van der Waals surface area (Å²) < 4.78 is 19.3. The Morgan fingerprint density at radius 2 is 0.653 bits per heavy atom. The highest BCUT2D eigenvalue weighted by molar-refractivity contribution is 6.20. The molecule has 12 unspecified atom stereocenters. The van der Waals surface area contributed by atoms with Crippen LogP contribution in [0.25, 0.3) is 0 Å². The van der Waals surface area contributed by atoms with Crippen molar-refractivity contribution in [2.45, 2.75) is 222 Å². The van der Waals surface area contributed by atoms with E-state index >= 15 is 0 Å². The zero-order valence-corrected chi connectivity index (χ0v) is 36.6. The van der Waals surface area contributed by atoms with Gasteiger partial charge in [0.05, 0.1) is 0 Å². The van der Waals surface area contributed by atoms with Crippen molar-refractivity contribution in [2.24, 2.45) is 47.3 Å². The molecule has 0 bridgehead atoms. The first kappa shape index (κ1) is 49.5. The molecule has 12 atom stereocenters. The van der Waals surface area contributed by atoms with Crippen LogP contribution >= 0.6 is 23.2 Å². The average Bonchev–Trinajstić information content (AvgIpc) is 2.95. The third-order valence-electron chi connectivity index (χ3n) is 10.5. The molecular weight excluding hydrogens is 647 g/mol. The highest BCUT2D eigenvalue weighted by atomic mass is 35.5. The molecule has 0 fully saturated rings. The Kier molecular flexibility index (Phi) is 31.2. The van der Waals surface area contributed by atoms with E-state index in [1.54, 1.807) is 0 Å². The van der Waals surface area contributed by atoms with E-state index in [9.17, 15) is 0 Å². The largest absolute Gasteiger partial charge is 0.353 e. The zero-order valence-electron chi connectivity index (χ0n) is 35.1. The fourth-order valence-electron chi connectivity index (χ4n) is 8.58. The SMILES string of the molecule is CCCCOC(CCCC(C)CC(C)CC(C)CC(C)CC(C)Cl)OC(CCCC(C)CC(C)CC(C)CC(C)CC(C)Cl)OCCCC. The third kappa shape index (κ3) is 30.6. The molecule has 0 spiro atoms. The maximum absolute atomic E-state index is 6.64. The Labute approximate surface area is 318 Å². The lowest BCUT2D eigenvalue weighted by Crippen LogP contribution is -2.28. The van der Waals surface area contributed by atoms with Crippen molar-refractivity contribution in [3.8, 4) is 0 Å². The first-order chi connectivity index (χ1) is 23.1. The van der Waals surface area contributed by atoms with Gasteiger partial charge < -0.3 is 14.2 Å². The van der Waals surface area contributed by atoms with Crippen LogP contribution in [0.5, 0.6) is 0 Å². The molecule has 0 saturated carbocycles. The van der Waals surface area contributed by atoms with Gasteiger partial charge in [0.15, 0.2) is 12.6 Å². The summed E-state index contributed by atoms with van der Waals surface area (Å²) in [6, 6.07) is 0. The third-order valence-corrected chi connectivity index (χ3v) is 10.8. The van der Waals surface area contributed by atoms with Crippen molar-refractivity contribution >= 4 is 23.2 Å². The van der Waals surface area contributed by atoms with Gasteiger partial charge in [0.1, 0.15) is 0 Å². The molecule has 0 amide bonds. The maximum Gasteiger partial charge on any atom is 0.160 e. The summed E-state index contributed by atoms with van der Waals surface area (Å²) in [4.78, 5) is 0. The summed E-state index contributed by atoms with van der Waals surface area (Å²) >= 11 is 12.5. The summed E-state index contributed by atoms with van der Waals surface area (Å²) in [5.74, 6) is 5.92. The summed E-state index contributed by atoms with van der Waals surface area (Å²) in [5, 5.41) is 0.562. The Morgan fingerprint density at radius 3 is 0.939 bits per heavy atom. The minimum Gasteiger partial charge on any atom is -0.353 e. The van der Waals surface area contributed by atoms with Gasteiger partial charge in [-0.05, 0) is 151 Å². The van der Waals surface area contributed by atoms with Gasteiger partial charge >= 0.3 is 0 Å². The van der Waals surface area contributed by atoms with Crippen molar-refractivity contribution in [2.75, 3.05) is 13.2 Å². The Hall–Kier alpha value is 0.460. The second kappa shape index (κ2) is 30.9. The van der Waals surface area contributed by atoms with Crippen LogP contribution in [0.4, 0.5) is 0 Å². The average molecular weight is 736 g/mol. The van der Waals surface area contributed by atoms with Gasteiger partial charge in [0.2, 0.25) is 0 Å². The smallest absolute Gasteiger partial charge is 0.160 e. The van der Waals surface area contributed by atoms with Crippen LogP contribution in [0, 0.1) is 47.3 Å². The number of halogens is 2. The van der Waals surface area contributed by atoms with Crippen molar-refractivity contribution in [1.82, 2.24) is 0 Å². The van der Waals surface area contributed by atoms with E-state index in [0.29, 0.717) is 11.8 Å². The Balaban J connectivity index is 4.86. The first-order valence-corrected chi connectivity index (χ1v) is 22.2. The molecule has 49 heavy (non-hydrogen) atoms. The van der Waals surface area contributed by atoms with Crippen LogP contribution in [0.15, 0.2) is 0 Å². The van der Waals surface area contributed by atoms with Gasteiger partial charge in [-0.3, -0.25) is 0 Å². The van der Waals surface area contributed by atoms with Gasteiger partial charge in [-0.2, -0.15) is 0 Å². The number of alkyl halides is 2. The van der Waals surface area contributed by atoms with Crippen molar-refractivity contribution in [3.05, 3.63) is 0 Å². The molecule has 0 saturated heterocycles. The van der Waals surface area contributed by atoms with E-state index < -0.39 is 0 Å². The predicted octanol–water partition coefficient (Wildman–Crippen LogP) is 15.1. The fraction of sp³-hybridized carbons (Fsp3) is 1.00. The summed E-state index contributed by atoms with van der Waals surface area (Å²) in [6.07, 6.45) is 20.8. The van der Waals surface area contributed by atoms with E-state index in [0.717, 1.165) is 113 Å². The minimum absolute atomic E-state index is 0.170. The molecule has 0 heterocycles. The summed E-state index contributed by atoms with van der Waals surface area (Å²) in [5.41, 5.74) is 0. The second-order valence-electron chi connectivity index (χ2n) is 17.6. The van der Waals surface area contributed by atoms with Crippen LogP contribution < -0.4 is 0 Å². The molecule has 0 aromatic heterocycles. The lowest BCUT2D eigenvalue weighted by molar-refractivity contribution is -0.250. The molecule has 0 aromatic carbocycles. The quantitative estimate of drug-likeness (QED) is 0.0374. The van der Waals surface area contributed by atoms with E-state index in [4.69, 9.17) is 37.4 Å². The van der Waals surface area contributed by atoms with E-state index in [1.807, 2.05) is 0 Å². The second-order valence-corrected chi connectivity index (χ2v) is 19.1. The van der Waals surface area contributed by atoms with Crippen LogP contribution in [-0.4, -0.2) is 36.5 Å². The molecule has 5 heteroatoms. The highest BCUT2D eigenvalue weighted by Crippen LogP contribution is 2.30. The standard InChI is InChI=1S/C44H88Cl2O3/c1-13-15-23-47-43(21-17-19-33(3)25-35(5)27-37(7)29-39(9)31-41(11)45)49-44(48-24-16-14-2)22-18-20-34(4)26-36(6)28-38(8)30-40(10)32-42(12)46/h33-44H,13-32H2,1-12H3. The number of hydrogen-bond donors (Lipinski definition) is 0. The molecule has 0 aromatic rings. The molecule has 296 valence electrons. The van der Waals surface area contributed by atoms with E-state index in [-0.39, 0.29) is 23.3 Å².